The van der Waals surface area contributed by atoms with E-state index in [2.05, 4.69) is 44.3 Å². The topological polar surface area (TPSA) is 47.7 Å². The number of hydrogen-bond acceptors (Lipinski definition) is 3. The fourth-order valence-electron chi connectivity index (χ4n) is 5.40. The second-order valence-corrected chi connectivity index (χ2v) is 7.68. The molecule has 4 aromatic heterocycles. The van der Waals surface area contributed by atoms with E-state index in [1.165, 1.54) is 5.52 Å². The standard InChI is InChI=1S/C22H13N5O/c1-12-10-16-15-5-2-6-18-26(15)22(27(16)24-12)20-17(28-18)8-7-14-19(20)21-13(11-23-14)4-3-9-25(21)22/h2-11H,1H3/q+2. The summed E-state index contributed by atoms with van der Waals surface area (Å²) in [6, 6.07) is 16.7. The van der Waals surface area contributed by atoms with Crippen LogP contribution in [0.25, 0.3) is 33.2 Å². The molecule has 1 aromatic carbocycles. The maximum absolute atomic E-state index is 6.39. The third-order valence-electron chi connectivity index (χ3n) is 6.29. The van der Waals surface area contributed by atoms with Crippen LogP contribution >= 0.6 is 0 Å². The van der Waals surface area contributed by atoms with E-state index in [4.69, 9.17) is 14.8 Å². The predicted octanol–water partition coefficient (Wildman–Crippen LogP) is 2.62. The third-order valence-corrected chi connectivity index (χ3v) is 6.29. The lowest BCUT2D eigenvalue weighted by Gasteiger charge is -2.23. The molecule has 3 aliphatic heterocycles. The molecular formula is C22H13N5O+2. The first-order valence-corrected chi connectivity index (χ1v) is 9.36. The number of rotatable bonds is 0. The highest BCUT2D eigenvalue weighted by Gasteiger charge is 2.71. The zero-order valence-corrected chi connectivity index (χ0v) is 14.9. The molecule has 0 aliphatic carbocycles. The highest BCUT2D eigenvalue weighted by atomic mass is 16.5. The molecule has 0 radical (unpaired) electrons. The predicted molar refractivity (Wildman–Crippen MR) is 100.0 cm³/mol. The number of hydrogen-bond donors (Lipinski definition) is 0. The molecule has 0 bridgehead atoms. The Kier molecular flexibility index (Phi) is 1.86. The van der Waals surface area contributed by atoms with E-state index in [-0.39, 0.29) is 0 Å². The molecule has 3 aliphatic rings. The highest BCUT2D eigenvalue weighted by Crippen LogP contribution is 2.50. The van der Waals surface area contributed by atoms with Crippen molar-refractivity contribution in [2.24, 2.45) is 0 Å². The van der Waals surface area contributed by atoms with Crippen molar-refractivity contribution in [2.45, 2.75) is 12.7 Å². The largest absolute Gasteiger partial charge is 0.504 e. The molecule has 1 atom stereocenters. The molecule has 0 saturated carbocycles. The van der Waals surface area contributed by atoms with Crippen LogP contribution in [0, 0.1) is 6.92 Å². The molecule has 1 spiro atoms. The van der Waals surface area contributed by atoms with Gasteiger partial charge in [0.05, 0.1) is 28.0 Å². The Bertz CT molecular complexity index is 1570. The van der Waals surface area contributed by atoms with Crippen molar-refractivity contribution >= 4 is 21.8 Å². The summed E-state index contributed by atoms with van der Waals surface area (Å²) in [6.07, 6.45) is 4.10. The molecule has 0 fully saturated rings. The molecule has 28 heavy (non-hydrogen) atoms. The molecule has 0 amide bonds. The van der Waals surface area contributed by atoms with E-state index in [0.29, 0.717) is 0 Å². The Morgan fingerprint density at radius 3 is 3.04 bits per heavy atom. The number of ether oxygens (including phenoxy) is 1. The number of fused-ring (bicyclic) bond motifs is 2. The minimum Gasteiger partial charge on any atom is -0.404 e. The van der Waals surface area contributed by atoms with Gasteiger partial charge in [0.25, 0.3) is 0 Å². The SMILES string of the molecule is Cc1cc2n(n1)C13c4c(ccc5ncc6ccc[n+]1c6c45)Oc1cccc-2[n+]13. The van der Waals surface area contributed by atoms with E-state index >= 15 is 0 Å². The lowest BCUT2D eigenvalue weighted by Crippen LogP contribution is -2.75. The van der Waals surface area contributed by atoms with Gasteiger partial charge in [0.15, 0.2) is 17.5 Å². The first-order valence-electron chi connectivity index (χ1n) is 9.36. The van der Waals surface area contributed by atoms with Crippen molar-refractivity contribution in [1.82, 2.24) is 14.8 Å². The molecular weight excluding hydrogens is 350 g/mol. The molecule has 0 N–H and O–H groups in total. The van der Waals surface area contributed by atoms with Gasteiger partial charge in [0.2, 0.25) is 11.2 Å². The van der Waals surface area contributed by atoms with E-state index in [1.807, 2.05) is 37.4 Å². The molecule has 7 heterocycles. The maximum atomic E-state index is 6.39. The highest BCUT2D eigenvalue weighted by molar-refractivity contribution is 6.05. The van der Waals surface area contributed by atoms with Crippen LogP contribution in [-0.4, -0.2) is 14.8 Å². The van der Waals surface area contributed by atoms with Crippen LogP contribution in [-0.2, 0) is 5.79 Å². The molecule has 1 unspecified atom stereocenters. The normalized spacial score (nSPS) is 19.3. The summed E-state index contributed by atoms with van der Waals surface area (Å²) in [5.74, 6) is 1.04. The van der Waals surface area contributed by atoms with Crippen LogP contribution in [0.4, 0.5) is 0 Å². The van der Waals surface area contributed by atoms with Crippen molar-refractivity contribution in [3.05, 3.63) is 72.2 Å². The molecule has 5 aromatic rings. The van der Waals surface area contributed by atoms with Gasteiger partial charge in [-0.1, -0.05) is 4.57 Å². The minimum atomic E-state index is -0.645. The summed E-state index contributed by atoms with van der Waals surface area (Å²) in [7, 11) is 0. The van der Waals surface area contributed by atoms with Gasteiger partial charge in [-0.3, -0.25) is 4.98 Å². The Balaban J connectivity index is 1.75. The van der Waals surface area contributed by atoms with Crippen molar-refractivity contribution in [3.8, 4) is 23.0 Å². The maximum Gasteiger partial charge on any atom is 0.504 e. The summed E-state index contributed by atoms with van der Waals surface area (Å²) < 4.78 is 13.2. The average molecular weight is 363 g/mol. The Morgan fingerprint density at radius 1 is 1.11 bits per heavy atom. The third kappa shape index (κ3) is 1.12. The monoisotopic (exact) mass is 363 g/mol. The van der Waals surface area contributed by atoms with E-state index < -0.39 is 5.79 Å². The van der Waals surface area contributed by atoms with Crippen LogP contribution in [0.2, 0.25) is 0 Å². The summed E-state index contributed by atoms with van der Waals surface area (Å²) in [5.41, 5.74) is 6.46. The van der Waals surface area contributed by atoms with Crippen molar-refractivity contribution < 1.29 is 13.9 Å². The van der Waals surface area contributed by atoms with Crippen LogP contribution in [0.5, 0.6) is 11.6 Å². The lowest BCUT2D eigenvalue weighted by molar-refractivity contribution is -0.969. The number of aromatic nitrogens is 5. The van der Waals surface area contributed by atoms with Crippen LogP contribution in [0.15, 0.2) is 60.9 Å². The minimum absolute atomic E-state index is 0.645. The van der Waals surface area contributed by atoms with Gasteiger partial charge in [-0.2, -0.15) is 5.10 Å². The zero-order valence-electron chi connectivity index (χ0n) is 14.9. The molecule has 6 nitrogen and oxygen atoms in total. The van der Waals surface area contributed by atoms with E-state index in [0.717, 1.165) is 50.6 Å². The number of benzene rings is 1. The fourth-order valence-corrected chi connectivity index (χ4v) is 5.40. The first kappa shape index (κ1) is 13.4. The van der Waals surface area contributed by atoms with E-state index in [9.17, 15) is 0 Å². The number of nitrogens with zero attached hydrogens (tertiary/aromatic N) is 5. The second-order valence-electron chi connectivity index (χ2n) is 7.68. The molecule has 0 saturated heterocycles. The number of aryl methyl sites for hydroxylation is 1. The summed E-state index contributed by atoms with van der Waals surface area (Å²) in [5, 5.41) is 7.22. The zero-order chi connectivity index (χ0) is 18.2. The second kappa shape index (κ2) is 3.89. The van der Waals surface area contributed by atoms with Crippen LogP contribution in [0.1, 0.15) is 11.3 Å². The van der Waals surface area contributed by atoms with Gasteiger partial charge >= 0.3 is 11.7 Å². The van der Waals surface area contributed by atoms with Gasteiger partial charge in [0.1, 0.15) is 5.69 Å². The summed E-state index contributed by atoms with van der Waals surface area (Å²) in [6.45, 7) is 2.05. The Morgan fingerprint density at radius 2 is 2.07 bits per heavy atom. The quantitative estimate of drug-likeness (QED) is 0.307. The first-order chi connectivity index (χ1) is 13.8. The summed E-state index contributed by atoms with van der Waals surface area (Å²) >= 11 is 0. The Labute approximate surface area is 158 Å². The van der Waals surface area contributed by atoms with Crippen molar-refractivity contribution in [1.29, 1.82) is 0 Å². The number of pyridine rings is 3. The van der Waals surface area contributed by atoms with Gasteiger partial charge in [-0.15, -0.1) is 9.25 Å². The fraction of sp³-hybridized carbons (Fsp3) is 0.0909. The van der Waals surface area contributed by atoms with Crippen LogP contribution < -0.4 is 13.9 Å². The summed E-state index contributed by atoms with van der Waals surface area (Å²) in [4.78, 5) is 4.73. The molecule has 8 rings (SSSR count). The Hall–Kier alpha value is -3.80. The lowest BCUT2D eigenvalue weighted by atomic mass is 10.0. The van der Waals surface area contributed by atoms with Gasteiger partial charge in [0, 0.05) is 18.3 Å². The van der Waals surface area contributed by atoms with Crippen molar-refractivity contribution in [2.75, 3.05) is 0 Å². The smallest absolute Gasteiger partial charge is 0.404 e. The van der Waals surface area contributed by atoms with Crippen molar-refractivity contribution in [3.63, 3.8) is 0 Å². The van der Waals surface area contributed by atoms with Crippen LogP contribution in [0.3, 0.4) is 0 Å². The average Bonchev–Trinajstić information content (AvgIpc) is 3.34. The molecule has 130 valence electrons. The molecule has 6 heteroatoms. The van der Waals surface area contributed by atoms with Gasteiger partial charge in [-0.25, -0.2) is 0 Å². The van der Waals surface area contributed by atoms with Gasteiger partial charge < -0.3 is 4.74 Å². The van der Waals surface area contributed by atoms with E-state index in [1.54, 1.807) is 0 Å². The van der Waals surface area contributed by atoms with Gasteiger partial charge in [-0.05, 0) is 37.3 Å².